The van der Waals surface area contributed by atoms with Gasteiger partial charge in [-0.2, -0.15) is 4.98 Å². The molecule has 3 aromatic rings. The third kappa shape index (κ3) is 3.21. The van der Waals surface area contributed by atoms with E-state index in [1.165, 1.54) is 12.8 Å². The molecule has 1 aliphatic carbocycles. The number of para-hydroxylation sites is 1. The highest BCUT2D eigenvalue weighted by molar-refractivity contribution is 9.10. The van der Waals surface area contributed by atoms with E-state index in [0.717, 1.165) is 27.1 Å². The van der Waals surface area contributed by atoms with Gasteiger partial charge in [-0.05, 0) is 53.7 Å². The summed E-state index contributed by atoms with van der Waals surface area (Å²) in [5.41, 5.74) is 0.882. The number of oxazole rings is 1. The molecule has 1 saturated carbocycles. The number of benzene rings is 1. The summed E-state index contributed by atoms with van der Waals surface area (Å²) in [4.78, 5) is 13.4. The lowest BCUT2D eigenvalue weighted by molar-refractivity contribution is 0.503. The summed E-state index contributed by atoms with van der Waals surface area (Å²) in [6, 6.07) is 6.44. The molecular weight excluding hydrogens is 370 g/mol. The molecule has 2 N–H and O–H groups in total. The molecule has 0 spiro atoms. The minimum Gasteiger partial charge on any atom is -0.447 e. The Hall–Kier alpha value is -2.15. The van der Waals surface area contributed by atoms with Crippen LogP contribution < -0.4 is 10.6 Å². The number of hydrogen-bond donors (Lipinski definition) is 2. The molecule has 124 valence electrons. The Morgan fingerprint density at radius 1 is 1.33 bits per heavy atom. The summed E-state index contributed by atoms with van der Waals surface area (Å²) in [5.74, 6) is 2.76. The molecule has 0 amide bonds. The number of hydrogen-bond acceptors (Lipinski definition) is 6. The SMILES string of the molecule is C[C@@H](Nc1nc(NCc2ncco2)nc2c(Br)cccc12)C1CC1. The van der Waals surface area contributed by atoms with Gasteiger partial charge in [0, 0.05) is 15.9 Å². The van der Waals surface area contributed by atoms with Gasteiger partial charge in [0.15, 0.2) is 0 Å². The molecule has 4 rings (SSSR count). The van der Waals surface area contributed by atoms with E-state index in [9.17, 15) is 0 Å². The van der Waals surface area contributed by atoms with Crippen molar-refractivity contribution in [3.63, 3.8) is 0 Å². The summed E-state index contributed by atoms with van der Waals surface area (Å²) in [7, 11) is 0. The Kier molecular flexibility index (Phi) is 4.10. The first-order valence-corrected chi connectivity index (χ1v) is 8.85. The molecule has 0 unspecified atom stereocenters. The number of nitrogens with zero attached hydrogens (tertiary/aromatic N) is 3. The Balaban J connectivity index is 1.67. The van der Waals surface area contributed by atoms with Crippen LogP contribution in [0.25, 0.3) is 10.9 Å². The normalized spacial score (nSPS) is 15.4. The van der Waals surface area contributed by atoms with E-state index < -0.39 is 0 Å². The molecule has 0 aliphatic heterocycles. The number of anilines is 2. The highest BCUT2D eigenvalue weighted by atomic mass is 79.9. The van der Waals surface area contributed by atoms with E-state index in [0.29, 0.717) is 24.4 Å². The maximum absolute atomic E-state index is 5.25. The number of halogens is 1. The lowest BCUT2D eigenvalue weighted by Gasteiger charge is -2.16. The van der Waals surface area contributed by atoms with Crippen molar-refractivity contribution in [2.24, 2.45) is 5.92 Å². The van der Waals surface area contributed by atoms with Gasteiger partial charge < -0.3 is 15.1 Å². The lowest BCUT2D eigenvalue weighted by Crippen LogP contribution is -2.19. The third-order valence-corrected chi connectivity index (χ3v) is 4.89. The van der Waals surface area contributed by atoms with E-state index in [2.05, 4.69) is 48.4 Å². The maximum Gasteiger partial charge on any atom is 0.225 e. The van der Waals surface area contributed by atoms with Crippen molar-refractivity contribution in [3.8, 4) is 0 Å². The average Bonchev–Trinajstić information content (AvgIpc) is 3.31. The summed E-state index contributed by atoms with van der Waals surface area (Å²) < 4.78 is 6.19. The van der Waals surface area contributed by atoms with Crippen molar-refractivity contribution in [2.75, 3.05) is 10.6 Å². The van der Waals surface area contributed by atoms with Crippen LogP contribution in [0.4, 0.5) is 11.8 Å². The van der Waals surface area contributed by atoms with E-state index >= 15 is 0 Å². The van der Waals surface area contributed by atoms with Crippen LogP contribution in [0.1, 0.15) is 25.7 Å². The summed E-state index contributed by atoms with van der Waals surface area (Å²) >= 11 is 3.59. The molecule has 2 aromatic heterocycles. The first-order chi connectivity index (χ1) is 11.7. The third-order valence-electron chi connectivity index (χ3n) is 4.25. The van der Waals surface area contributed by atoms with Crippen molar-refractivity contribution in [2.45, 2.75) is 32.4 Å². The predicted octanol–water partition coefficient (Wildman–Crippen LogP) is 4.20. The summed E-state index contributed by atoms with van der Waals surface area (Å²) in [6.45, 7) is 2.66. The first kappa shape index (κ1) is 15.4. The molecular formula is C17H18BrN5O. The Morgan fingerprint density at radius 2 is 2.21 bits per heavy atom. The van der Waals surface area contributed by atoms with Gasteiger partial charge in [-0.25, -0.2) is 9.97 Å². The molecule has 0 bridgehead atoms. The molecule has 1 fully saturated rings. The van der Waals surface area contributed by atoms with Crippen molar-refractivity contribution in [1.82, 2.24) is 15.0 Å². The van der Waals surface area contributed by atoms with Crippen LogP contribution in [-0.4, -0.2) is 21.0 Å². The van der Waals surface area contributed by atoms with E-state index in [-0.39, 0.29) is 0 Å². The second-order valence-electron chi connectivity index (χ2n) is 6.08. The molecule has 2 heterocycles. The highest BCUT2D eigenvalue weighted by Crippen LogP contribution is 2.35. The number of fused-ring (bicyclic) bond motifs is 1. The Labute approximate surface area is 148 Å². The fourth-order valence-electron chi connectivity index (χ4n) is 2.73. The molecule has 24 heavy (non-hydrogen) atoms. The van der Waals surface area contributed by atoms with Crippen LogP contribution in [0.5, 0.6) is 0 Å². The largest absolute Gasteiger partial charge is 0.447 e. The van der Waals surface area contributed by atoms with Crippen molar-refractivity contribution < 1.29 is 4.42 Å². The van der Waals surface area contributed by atoms with Crippen LogP contribution in [0, 0.1) is 5.92 Å². The van der Waals surface area contributed by atoms with Crippen LogP contribution in [-0.2, 0) is 6.54 Å². The van der Waals surface area contributed by atoms with Gasteiger partial charge in [0.05, 0.1) is 18.3 Å². The Bertz CT molecular complexity index is 848. The number of rotatable bonds is 6. The fraction of sp³-hybridized carbons (Fsp3) is 0.353. The quantitative estimate of drug-likeness (QED) is 0.659. The molecule has 0 saturated heterocycles. The monoisotopic (exact) mass is 387 g/mol. The fourth-order valence-corrected chi connectivity index (χ4v) is 3.19. The zero-order valence-electron chi connectivity index (χ0n) is 13.3. The number of nitrogens with one attached hydrogen (secondary N) is 2. The van der Waals surface area contributed by atoms with Gasteiger partial charge in [0.2, 0.25) is 11.8 Å². The summed E-state index contributed by atoms with van der Waals surface area (Å²) in [5, 5.41) is 7.75. The molecule has 1 aliphatic rings. The van der Waals surface area contributed by atoms with Gasteiger partial charge in [0.25, 0.3) is 0 Å². The van der Waals surface area contributed by atoms with Gasteiger partial charge in [-0.3, -0.25) is 0 Å². The van der Waals surface area contributed by atoms with Gasteiger partial charge in [-0.1, -0.05) is 6.07 Å². The maximum atomic E-state index is 5.25. The topological polar surface area (TPSA) is 75.9 Å². The second kappa shape index (κ2) is 6.39. The number of aromatic nitrogens is 3. The van der Waals surface area contributed by atoms with Gasteiger partial charge >= 0.3 is 0 Å². The smallest absolute Gasteiger partial charge is 0.225 e. The zero-order valence-corrected chi connectivity index (χ0v) is 14.9. The minimum absolute atomic E-state index is 0.404. The summed E-state index contributed by atoms with van der Waals surface area (Å²) in [6.07, 6.45) is 5.75. The van der Waals surface area contributed by atoms with Crippen LogP contribution >= 0.6 is 15.9 Å². The predicted molar refractivity (Wildman–Crippen MR) is 96.9 cm³/mol. The molecule has 7 heteroatoms. The van der Waals surface area contributed by atoms with E-state index in [4.69, 9.17) is 4.42 Å². The standard InChI is InChI=1S/C17H18BrN5O/c1-10(11-5-6-11)21-16-12-3-2-4-13(18)15(12)22-17(23-16)20-9-14-19-7-8-24-14/h2-4,7-8,10-11H,5-6,9H2,1H3,(H2,20,21,22,23)/t10-/m1/s1. The van der Waals surface area contributed by atoms with Gasteiger partial charge in [-0.15, -0.1) is 0 Å². The van der Waals surface area contributed by atoms with Crippen LogP contribution in [0.3, 0.4) is 0 Å². The Morgan fingerprint density at radius 3 is 2.96 bits per heavy atom. The first-order valence-electron chi connectivity index (χ1n) is 8.06. The molecule has 1 atom stereocenters. The minimum atomic E-state index is 0.404. The van der Waals surface area contributed by atoms with Crippen molar-refractivity contribution >= 4 is 38.6 Å². The molecule has 1 aromatic carbocycles. The molecule has 0 radical (unpaired) electrons. The van der Waals surface area contributed by atoms with Crippen molar-refractivity contribution in [3.05, 3.63) is 41.0 Å². The zero-order chi connectivity index (χ0) is 16.5. The second-order valence-corrected chi connectivity index (χ2v) is 6.94. The van der Waals surface area contributed by atoms with Crippen LogP contribution in [0.15, 0.2) is 39.5 Å². The van der Waals surface area contributed by atoms with Crippen LogP contribution in [0.2, 0.25) is 0 Å². The lowest BCUT2D eigenvalue weighted by atomic mass is 10.2. The average molecular weight is 388 g/mol. The van der Waals surface area contributed by atoms with E-state index in [1.54, 1.807) is 12.5 Å². The van der Waals surface area contributed by atoms with Crippen molar-refractivity contribution in [1.29, 1.82) is 0 Å². The highest BCUT2D eigenvalue weighted by Gasteiger charge is 2.28. The molecule has 6 nitrogen and oxygen atoms in total. The van der Waals surface area contributed by atoms with E-state index in [1.807, 2.05) is 18.2 Å². The van der Waals surface area contributed by atoms with Gasteiger partial charge in [0.1, 0.15) is 12.1 Å².